The Hall–Kier alpha value is -2.71. The van der Waals surface area contributed by atoms with Gasteiger partial charge in [0.2, 0.25) is 5.91 Å². The first-order valence-corrected chi connectivity index (χ1v) is 11.7. The second kappa shape index (κ2) is 9.86. The van der Waals surface area contributed by atoms with Crippen molar-refractivity contribution in [2.45, 2.75) is 37.6 Å². The van der Waals surface area contributed by atoms with Crippen LogP contribution in [0.2, 0.25) is 0 Å². The molecule has 0 aromatic heterocycles. The van der Waals surface area contributed by atoms with Gasteiger partial charge in [0.05, 0.1) is 4.90 Å². The van der Waals surface area contributed by atoms with Crippen LogP contribution in [0.25, 0.3) is 0 Å². The highest BCUT2D eigenvalue weighted by molar-refractivity contribution is 7.90. The zero-order valence-corrected chi connectivity index (χ0v) is 18.2. The molecule has 7 nitrogen and oxygen atoms in total. The Morgan fingerprint density at radius 2 is 1.83 bits per heavy atom. The van der Waals surface area contributed by atoms with E-state index < -0.39 is 16.1 Å². The first-order valence-electron chi connectivity index (χ1n) is 10.2. The molecule has 0 bridgehead atoms. The molecule has 1 amide bonds. The Kier molecular flexibility index (Phi) is 7.23. The molecule has 2 N–H and O–H groups in total. The van der Waals surface area contributed by atoms with Gasteiger partial charge in [0, 0.05) is 18.7 Å². The summed E-state index contributed by atoms with van der Waals surface area (Å²) >= 11 is 0. The van der Waals surface area contributed by atoms with E-state index in [1.54, 1.807) is 12.1 Å². The topological polar surface area (TPSA) is 90.9 Å². The van der Waals surface area contributed by atoms with Crippen molar-refractivity contribution in [3.63, 3.8) is 0 Å². The lowest BCUT2D eigenvalue weighted by Crippen LogP contribution is -2.37. The highest BCUT2D eigenvalue weighted by Crippen LogP contribution is 2.24. The molecule has 0 saturated heterocycles. The van der Waals surface area contributed by atoms with Crippen molar-refractivity contribution in [1.82, 2.24) is 9.62 Å². The maximum atomic E-state index is 13.2. The lowest BCUT2D eigenvalue weighted by Gasteiger charge is -2.29. The predicted molar refractivity (Wildman–Crippen MR) is 119 cm³/mol. The van der Waals surface area contributed by atoms with Gasteiger partial charge < -0.3 is 5.32 Å². The molecule has 2 aromatic carbocycles. The van der Waals surface area contributed by atoms with E-state index in [0.29, 0.717) is 37.6 Å². The van der Waals surface area contributed by atoms with E-state index in [-0.39, 0.29) is 10.8 Å². The first-order chi connectivity index (χ1) is 14.4. The van der Waals surface area contributed by atoms with Gasteiger partial charge in [-0.25, -0.2) is 8.42 Å². The average Bonchev–Trinajstić information content (AvgIpc) is 3.25. The van der Waals surface area contributed by atoms with E-state index in [0.717, 1.165) is 12.0 Å². The fraction of sp³-hybridized carbons (Fsp3) is 0.364. The monoisotopic (exact) mass is 428 g/mol. The summed E-state index contributed by atoms with van der Waals surface area (Å²) in [5.74, 6) is 0.280. The number of amidine groups is 1. The summed E-state index contributed by atoms with van der Waals surface area (Å²) in [6.07, 6.45) is 1.47. The Bertz CT molecular complexity index is 1000. The number of rotatable bonds is 8. The number of likely N-dealkylation sites (N-methyl/N-ethyl adjacent to an activating group) is 1. The van der Waals surface area contributed by atoms with Gasteiger partial charge in [0.1, 0.15) is 11.9 Å². The van der Waals surface area contributed by atoms with Crippen molar-refractivity contribution in [1.29, 1.82) is 0 Å². The summed E-state index contributed by atoms with van der Waals surface area (Å²) in [5, 5.41) is 2.89. The summed E-state index contributed by atoms with van der Waals surface area (Å²) in [4.78, 5) is 19.5. The molecule has 160 valence electrons. The number of anilines is 1. The van der Waals surface area contributed by atoms with Crippen LogP contribution in [0.15, 0.2) is 64.5 Å². The van der Waals surface area contributed by atoms with Gasteiger partial charge >= 0.3 is 0 Å². The Balaban J connectivity index is 1.82. The second-order valence-corrected chi connectivity index (χ2v) is 8.77. The van der Waals surface area contributed by atoms with Gasteiger partial charge in [-0.3, -0.25) is 19.4 Å². The number of nitrogens with zero attached hydrogens (tertiary/aromatic N) is 2. The minimum Gasteiger partial charge on any atom is -0.324 e. The number of sulfonamides is 1. The van der Waals surface area contributed by atoms with Crippen molar-refractivity contribution in [2.75, 3.05) is 25.0 Å². The second-order valence-electron chi connectivity index (χ2n) is 7.09. The van der Waals surface area contributed by atoms with Gasteiger partial charge in [-0.15, -0.1) is 0 Å². The van der Waals surface area contributed by atoms with Gasteiger partial charge in [-0.05, 0) is 43.3 Å². The zero-order valence-electron chi connectivity index (χ0n) is 17.3. The number of benzene rings is 2. The largest absolute Gasteiger partial charge is 0.324 e. The van der Waals surface area contributed by atoms with E-state index in [2.05, 4.69) is 19.9 Å². The van der Waals surface area contributed by atoms with Crippen molar-refractivity contribution in [3.05, 3.63) is 60.2 Å². The third kappa shape index (κ3) is 5.25. The number of hydrogen-bond donors (Lipinski definition) is 2. The van der Waals surface area contributed by atoms with Crippen molar-refractivity contribution in [3.8, 4) is 0 Å². The van der Waals surface area contributed by atoms with Crippen molar-refractivity contribution < 1.29 is 13.2 Å². The number of aliphatic imine (C=N–C) groups is 1. The normalized spacial score (nSPS) is 15.0. The summed E-state index contributed by atoms with van der Waals surface area (Å²) in [5.41, 5.74) is 1.33. The summed E-state index contributed by atoms with van der Waals surface area (Å²) in [6, 6.07) is 15.4. The lowest BCUT2D eigenvalue weighted by molar-refractivity contribution is -0.121. The molecule has 0 saturated carbocycles. The van der Waals surface area contributed by atoms with Crippen LogP contribution in [0, 0.1) is 0 Å². The zero-order chi connectivity index (χ0) is 21.6. The van der Waals surface area contributed by atoms with Crippen molar-refractivity contribution >= 4 is 27.5 Å². The molecule has 1 unspecified atom stereocenters. The highest BCUT2D eigenvalue weighted by Gasteiger charge is 2.26. The minimum absolute atomic E-state index is 0.0917. The molecule has 1 aliphatic heterocycles. The van der Waals surface area contributed by atoms with Crippen LogP contribution in [0.1, 0.15) is 38.3 Å². The van der Waals surface area contributed by atoms with E-state index in [4.69, 9.17) is 0 Å². The van der Waals surface area contributed by atoms with Crippen LogP contribution >= 0.6 is 0 Å². The quantitative estimate of drug-likeness (QED) is 0.676. The first kappa shape index (κ1) is 22.0. The molecule has 3 rings (SSSR count). The number of hydrogen-bond acceptors (Lipinski definition) is 5. The minimum atomic E-state index is -3.74. The van der Waals surface area contributed by atoms with E-state index in [9.17, 15) is 13.2 Å². The van der Waals surface area contributed by atoms with Gasteiger partial charge in [-0.1, -0.05) is 50.2 Å². The summed E-state index contributed by atoms with van der Waals surface area (Å²) in [7, 11) is -3.74. The SMILES string of the molecule is CCN(CC)C(C(=O)Nc1cccc(S(=O)(=O)NC2=NCCC2)c1)c1ccccc1. The maximum absolute atomic E-state index is 13.2. The molecule has 0 aliphatic carbocycles. The van der Waals surface area contributed by atoms with Crippen LogP contribution in [-0.4, -0.2) is 44.7 Å². The van der Waals surface area contributed by atoms with E-state index >= 15 is 0 Å². The molecule has 8 heteroatoms. The molecule has 0 fully saturated rings. The average molecular weight is 429 g/mol. The summed E-state index contributed by atoms with van der Waals surface area (Å²) in [6.45, 7) is 6.09. The molecule has 0 radical (unpaired) electrons. The molecule has 1 atom stereocenters. The van der Waals surface area contributed by atoms with Gasteiger partial charge in [0.15, 0.2) is 0 Å². The lowest BCUT2D eigenvalue weighted by atomic mass is 10.0. The fourth-order valence-corrected chi connectivity index (χ4v) is 4.68. The van der Waals surface area contributed by atoms with Crippen LogP contribution < -0.4 is 10.0 Å². The molecule has 30 heavy (non-hydrogen) atoms. The Morgan fingerprint density at radius 3 is 2.47 bits per heavy atom. The highest BCUT2D eigenvalue weighted by atomic mass is 32.2. The predicted octanol–water partition coefficient (Wildman–Crippen LogP) is 3.18. The molecule has 1 heterocycles. The molecular formula is C22H28N4O3S. The van der Waals surface area contributed by atoms with Crippen LogP contribution in [0.3, 0.4) is 0 Å². The van der Waals surface area contributed by atoms with Gasteiger partial charge in [-0.2, -0.15) is 0 Å². The number of carbonyl (C=O) groups excluding carboxylic acids is 1. The van der Waals surface area contributed by atoms with E-state index in [1.165, 1.54) is 12.1 Å². The van der Waals surface area contributed by atoms with Crippen LogP contribution in [0.4, 0.5) is 5.69 Å². The number of carbonyl (C=O) groups is 1. The fourth-order valence-electron chi connectivity index (χ4n) is 3.54. The maximum Gasteiger partial charge on any atom is 0.262 e. The standard InChI is InChI=1S/C22H28N4O3S/c1-3-26(4-2)21(17-10-6-5-7-11-17)22(27)24-18-12-8-13-19(16-18)30(28,29)25-20-14-9-15-23-20/h5-8,10-13,16,21H,3-4,9,14-15H2,1-2H3,(H,23,25)(H,24,27). The molecule has 1 aliphatic rings. The van der Waals surface area contributed by atoms with E-state index in [1.807, 2.05) is 44.2 Å². The molecular weight excluding hydrogens is 400 g/mol. The summed E-state index contributed by atoms with van der Waals surface area (Å²) < 4.78 is 27.9. The third-order valence-electron chi connectivity index (χ3n) is 5.08. The van der Waals surface area contributed by atoms with Gasteiger partial charge in [0.25, 0.3) is 10.0 Å². The smallest absolute Gasteiger partial charge is 0.262 e. The van der Waals surface area contributed by atoms with Crippen LogP contribution in [0.5, 0.6) is 0 Å². The van der Waals surface area contributed by atoms with Crippen LogP contribution in [-0.2, 0) is 14.8 Å². The Labute approximate surface area is 178 Å². The number of amides is 1. The number of nitrogens with one attached hydrogen (secondary N) is 2. The van der Waals surface area contributed by atoms with Crippen molar-refractivity contribution in [2.24, 2.45) is 4.99 Å². The third-order valence-corrected chi connectivity index (χ3v) is 6.46. The molecule has 0 spiro atoms. The molecule has 2 aromatic rings. The Morgan fingerprint density at radius 1 is 1.10 bits per heavy atom.